The van der Waals surface area contributed by atoms with Crippen molar-refractivity contribution in [1.29, 1.82) is 0 Å². The number of amides is 4. The van der Waals surface area contributed by atoms with E-state index in [-0.39, 0.29) is 0 Å². The van der Waals surface area contributed by atoms with Gasteiger partial charge in [-0.15, -0.1) is 0 Å². The number of ether oxygens (including phenoxy) is 8. The van der Waals surface area contributed by atoms with Gasteiger partial charge in [0.25, 0.3) is 23.6 Å². The maximum Gasteiger partial charge on any atom is 0.416 e. The fraction of sp³-hybridized carbons (Fsp3) is 0.257. The number of hydrogen-bond acceptors (Lipinski definition) is 16. The molecule has 520 valence electrons. The van der Waals surface area contributed by atoms with Gasteiger partial charge in [-0.25, -0.2) is 9.59 Å². The summed E-state index contributed by atoms with van der Waals surface area (Å²) in [4.78, 5) is 115. The normalized spacial score (nSPS) is 14.2. The van der Waals surface area contributed by atoms with Crippen molar-refractivity contribution in [3.63, 3.8) is 0 Å². The summed E-state index contributed by atoms with van der Waals surface area (Å²) in [5.41, 5.74) is -8.09. The molecule has 0 aromatic heterocycles. The molecule has 0 bridgehead atoms. The predicted octanol–water partition coefficient (Wildman–Crippen LogP) is 16.4. The first-order chi connectivity index (χ1) is 46.9. The highest BCUT2D eigenvalue weighted by Crippen LogP contribution is 2.58. The third kappa shape index (κ3) is 13.3. The maximum absolute atomic E-state index is 15.5. The lowest BCUT2D eigenvalue weighted by molar-refractivity contribution is -0.156. The highest BCUT2D eigenvalue weighted by Gasteiger charge is 2.46. The van der Waals surface area contributed by atoms with Crippen LogP contribution in [0.5, 0.6) is 46.0 Å². The van der Waals surface area contributed by atoms with E-state index in [0.717, 1.165) is 86.6 Å². The second kappa shape index (κ2) is 26.2. The molecule has 11 rings (SSSR count). The van der Waals surface area contributed by atoms with Crippen LogP contribution in [0.15, 0.2) is 121 Å². The van der Waals surface area contributed by atoms with Crippen LogP contribution in [-0.2, 0) is 62.8 Å². The quantitative estimate of drug-likeness (QED) is 0.0132. The summed E-state index contributed by atoms with van der Waals surface area (Å²) in [5, 5.41) is -4.51. The minimum Gasteiger partial charge on any atom is -0.462 e. The lowest BCUT2D eigenvalue weighted by atomic mass is 9.80. The number of fused-ring (bicyclic) bond motifs is 2. The van der Waals surface area contributed by atoms with Gasteiger partial charge in [-0.3, -0.25) is 38.6 Å². The molecular weight excluding hydrogens is 1350 g/mol. The third-order valence-corrected chi connectivity index (χ3v) is 16.1. The Kier molecular flexibility index (Phi) is 18.4. The lowest BCUT2D eigenvalue weighted by Crippen LogP contribution is -2.50. The molecule has 30 heteroatoms. The zero-order valence-corrected chi connectivity index (χ0v) is 52.6. The van der Waals surface area contributed by atoms with Gasteiger partial charge >= 0.3 is 48.6 Å². The van der Waals surface area contributed by atoms with Crippen LogP contribution in [0.4, 0.5) is 52.7 Å². The SMILES string of the molecule is CC(C)C(=O)OCCOC(=O)C(C)N1C(=O)c2cc(Oc3cccc(C(F)(F)F)c3)c3c4c(Oc5cccc(C(F)(F)F)c5)cc5c6c(cc(Oc7cccc(C(F)(F)F)c7)c(c7c(Oc8cccc(C(F)(F)F)c8)cc(c2c37)C1=O)c64)C(=O)N(C(C)C(=O)OCCOC(=O)C(C)C)C5=O. The van der Waals surface area contributed by atoms with Gasteiger partial charge in [0.15, 0.2) is 0 Å². The Morgan fingerprint density at radius 2 is 0.540 bits per heavy atom. The number of benzene rings is 9. The first-order valence-corrected chi connectivity index (χ1v) is 30.1. The zero-order valence-electron chi connectivity index (χ0n) is 52.6. The van der Waals surface area contributed by atoms with E-state index in [2.05, 4.69) is 0 Å². The number of hydrogen-bond donors (Lipinski definition) is 0. The molecule has 2 heterocycles. The second-order valence-corrected chi connectivity index (χ2v) is 23.5. The van der Waals surface area contributed by atoms with Crippen LogP contribution < -0.4 is 18.9 Å². The van der Waals surface area contributed by atoms with E-state index < -0.39 is 256 Å². The molecule has 4 amide bonds. The van der Waals surface area contributed by atoms with E-state index in [0.29, 0.717) is 58.3 Å². The van der Waals surface area contributed by atoms with Crippen LogP contribution in [-0.4, -0.2) is 95.8 Å². The molecule has 2 aliphatic rings. The average molecular weight is 1400 g/mol. The number of carbonyl (C=O) groups is 8. The maximum atomic E-state index is 15.5. The number of alkyl halides is 12. The lowest BCUT2D eigenvalue weighted by Gasteiger charge is -2.34. The van der Waals surface area contributed by atoms with Crippen LogP contribution in [0.2, 0.25) is 0 Å². The molecule has 0 fully saturated rings. The van der Waals surface area contributed by atoms with Crippen LogP contribution in [0.3, 0.4) is 0 Å². The molecule has 0 N–H and O–H groups in total. The summed E-state index contributed by atoms with van der Waals surface area (Å²) in [6, 6.07) is 11.6. The Labute approximate surface area is 556 Å². The number of rotatable bonds is 20. The Bertz CT molecular complexity index is 4340. The van der Waals surface area contributed by atoms with Gasteiger partial charge < -0.3 is 37.9 Å². The van der Waals surface area contributed by atoms with Crippen LogP contribution in [0.25, 0.3) is 43.1 Å². The number of halogens is 12. The fourth-order valence-corrected chi connectivity index (χ4v) is 11.4. The minimum absolute atomic E-state index is 0.359. The molecule has 2 unspecified atom stereocenters. The Balaban J connectivity index is 1.30. The Hall–Kier alpha value is -11.2. The minimum atomic E-state index is -5.10. The first kappa shape index (κ1) is 70.1. The molecular formula is C70H50F12N2O16. The first-order valence-electron chi connectivity index (χ1n) is 30.1. The number of nitrogens with zero attached hydrogens (tertiary/aromatic N) is 2. The highest BCUT2D eigenvalue weighted by atomic mass is 19.4. The molecule has 18 nitrogen and oxygen atoms in total. The largest absolute Gasteiger partial charge is 0.462 e. The molecule has 0 saturated heterocycles. The van der Waals surface area contributed by atoms with Crippen LogP contribution >= 0.6 is 0 Å². The van der Waals surface area contributed by atoms with Crippen molar-refractivity contribution in [2.24, 2.45) is 11.8 Å². The molecule has 0 aliphatic carbocycles. The standard InChI is InChI=1S/C70H50F12N2O16/c1-31(2)63(89)93-19-21-95-65(91)33(5)83-59(85)43-27-47(97-39-15-7-11-35(23-39)67(71,72)73)53-55-49(99-41-17-9-13-37(25-41)69(77,78)79)29-45-52-46(62(88)84(61(45)87)34(6)66(92)96-22-20-94-64(90)32(3)4)30-50(100-42-18-10-14-38(26-42)70(80,81)82)56(58(52)55)54-48(28-44(60(83)86)51(43)57(53)54)98-40-16-8-12-36(24-40)68(74,75)76/h7-18,23-34H,19-22H2,1-6H3. The topological polar surface area (TPSA) is 217 Å². The number of imide groups is 2. The monoisotopic (exact) mass is 1400 g/mol. The number of carbonyl (C=O) groups excluding carboxylic acids is 8. The molecule has 0 saturated carbocycles. The average Bonchev–Trinajstić information content (AvgIpc) is 0.672. The molecule has 9 aromatic carbocycles. The van der Waals surface area contributed by atoms with Crippen LogP contribution in [0.1, 0.15) is 105 Å². The van der Waals surface area contributed by atoms with Gasteiger partial charge in [-0.1, -0.05) is 52.0 Å². The fourth-order valence-electron chi connectivity index (χ4n) is 11.4. The smallest absolute Gasteiger partial charge is 0.416 e. The van der Waals surface area contributed by atoms with Crippen molar-refractivity contribution >= 4 is 90.6 Å². The summed E-state index contributed by atoms with van der Waals surface area (Å²) < 4.78 is 223. The highest BCUT2D eigenvalue weighted by molar-refractivity contribution is 6.45. The van der Waals surface area contributed by atoms with E-state index in [9.17, 15) is 71.9 Å². The van der Waals surface area contributed by atoms with Gasteiger partial charge in [0.2, 0.25) is 0 Å². The third-order valence-electron chi connectivity index (χ3n) is 16.1. The van der Waals surface area contributed by atoms with Gasteiger partial charge in [-0.05, 0) is 111 Å². The van der Waals surface area contributed by atoms with Crippen molar-refractivity contribution in [2.75, 3.05) is 26.4 Å². The second-order valence-electron chi connectivity index (χ2n) is 23.5. The van der Waals surface area contributed by atoms with Gasteiger partial charge in [0, 0.05) is 43.1 Å². The number of esters is 4. The van der Waals surface area contributed by atoms with E-state index in [1.807, 2.05) is 0 Å². The van der Waals surface area contributed by atoms with E-state index in [1.54, 1.807) is 0 Å². The summed E-state index contributed by atoms with van der Waals surface area (Å²) in [7, 11) is 0. The van der Waals surface area contributed by atoms with E-state index in [4.69, 9.17) is 37.9 Å². The molecule has 2 atom stereocenters. The molecule has 100 heavy (non-hydrogen) atoms. The van der Waals surface area contributed by atoms with Crippen molar-refractivity contribution in [2.45, 2.75) is 78.3 Å². The summed E-state index contributed by atoms with van der Waals surface area (Å²) in [6.45, 7) is 5.80. The summed E-state index contributed by atoms with van der Waals surface area (Å²) in [6.07, 6.45) is -20.4. The van der Waals surface area contributed by atoms with E-state index >= 15 is 19.2 Å². The van der Waals surface area contributed by atoms with Gasteiger partial charge in [-0.2, -0.15) is 52.7 Å². The van der Waals surface area contributed by atoms with Crippen molar-refractivity contribution in [3.8, 4) is 46.0 Å². The predicted molar refractivity (Wildman–Crippen MR) is 327 cm³/mol. The van der Waals surface area contributed by atoms with Crippen molar-refractivity contribution < 1.29 is 129 Å². The van der Waals surface area contributed by atoms with Crippen molar-refractivity contribution in [3.05, 3.63) is 166 Å². The Morgan fingerprint density at radius 3 is 0.750 bits per heavy atom. The summed E-state index contributed by atoms with van der Waals surface area (Å²) >= 11 is 0. The molecule has 9 aromatic rings. The Morgan fingerprint density at radius 1 is 0.320 bits per heavy atom. The summed E-state index contributed by atoms with van der Waals surface area (Å²) in [5.74, 6) is -16.8. The molecule has 2 aliphatic heterocycles. The zero-order chi connectivity index (χ0) is 72.6. The van der Waals surface area contributed by atoms with E-state index in [1.165, 1.54) is 27.7 Å². The van der Waals surface area contributed by atoms with Crippen LogP contribution in [0, 0.1) is 11.8 Å². The molecule has 0 radical (unpaired) electrons. The van der Waals surface area contributed by atoms with Gasteiger partial charge in [0.05, 0.1) is 56.3 Å². The van der Waals surface area contributed by atoms with Crippen molar-refractivity contribution in [1.82, 2.24) is 9.80 Å². The van der Waals surface area contributed by atoms with Gasteiger partial charge in [0.1, 0.15) is 84.5 Å². The molecule has 0 spiro atoms.